The molecule has 3 rings (SSSR count). The molecule has 1 amide bonds. The third-order valence-corrected chi connectivity index (χ3v) is 4.68. The standard InChI is InChI=1S/C19H21BrN2O2/c1-14(15-6-8-17(20)9-7-15)21-19(23)13-22-10-11-24-18-5-3-2-4-16(18)12-22/h2-9,14H,10-13H2,1H3,(H,21,23). The summed E-state index contributed by atoms with van der Waals surface area (Å²) in [5.41, 5.74) is 2.22. The number of hydrogen-bond acceptors (Lipinski definition) is 3. The van der Waals surface area contributed by atoms with Gasteiger partial charge < -0.3 is 10.1 Å². The first-order chi connectivity index (χ1) is 11.6. The Balaban J connectivity index is 1.57. The van der Waals surface area contributed by atoms with Gasteiger partial charge in [0.1, 0.15) is 12.4 Å². The lowest BCUT2D eigenvalue weighted by Gasteiger charge is -2.21. The summed E-state index contributed by atoms with van der Waals surface area (Å²) in [6, 6.07) is 16.0. The van der Waals surface area contributed by atoms with Gasteiger partial charge in [-0.25, -0.2) is 0 Å². The number of carbonyl (C=O) groups excluding carboxylic acids is 1. The monoisotopic (exact) mass is 388 g/mol. The molecule has 1 N–H and O–H groups in total. The van der Waals surface area contributed by atoms with Crippen molar-refractivity contribution in [3.63, 3.8) is 0 Å². The van der Waals surface area contributed by atoms with Gasteiger partial charge in [-0.1, -0.05) is 46.3 Å². The Labute approximate surface area is 150 Å². The van der Waals surface area contributed by atoms with E-state index in [1.165, 1.54) is 0 Å². The number of nitrogens with one attached hydrogen (secondary N) is 1. The minimum atomic E-state index is -0.0129. The first-order valence-corrected chi connectivity index (χ1v) is 8.89. The van der Waals surface area contributed by atoms with Crippen LogP contribution in [-0.4, -0.2) is 30.5 Å². The van der Waals surface area contributed by atoms with E-state index in [0.29, 0.717) is 13.2 Å². The van der Waals surface area contributed by atoms with Crippen molar-refractivity contribution in [2.24, 2.45) is 0 Å². The Morgan fingerprint density at radius 3 is 2.79 bits per heavy atom. The molecular weight excluding hydrogens is 368 g/mol. The predicted octanol–water partition coefficient (Wildman–Crippen LogP) is 3.52. The van der Waals surface area contributed by atoms with Crippen molar-refractivity contribution in [3.8, 4) is 5.75 Å². The Morgan fingerprint density at radius 2 is 2.00 bits per heavy atom. The van der Waals surface area contributed by atoms with Crippen LogP contribution in [0.5, 0.6) is 5.75 Å². The van der Waals surface area contributed by atoms with Gasteiger partial charge in [-0.15, -0.1) is 0 Å². The maximum absolute atomic E-state index is 12.4. The van der Waals surface area contributed by atoms with E-state index in [2.05, 4.69) is 32.2 Å². The van der Waals surface area contributed by atoms with E-state index in [4.69, 9.17) is 4.74 Å². The van der Waals surface area contributed by atoms with E-state index in [-0.39, 0.29) is 11.9 Å². The molecule has 24 heavy (non-hydrogen) atoms. The van der Waals surface area contributed by atoms with E-state index < -0.39 is 0 Å². The van der Waals surface area contributed by atoms with Gasteiger partial charge in [0.05, 0.1) is 12.6 Å². The van der Waals surface area contributed by atoms with Gasteiger partial charge in [0.25, 0.3) is 0 Å². The fourth-order valence-corrected chi connectivity index (χ4v) is 3.10. The molecule has 1 heterocycles. The highest BCUT2D eigenvalue weighted by Gasteiger charge is 2.18. The molecule has 1 aliphatic rings. The van der Waals surface area contributed by atoms with Crippen molar-refractivity contribution in [2.75, 3.05) is 19.7 Å². The fourth-order valence-electron chi connectivity index (χ4n) is 2.84. The first kappa shape index (κ1) is 17.0. The van der Waals surface area contributed by atoms with Gasteiger partial charge in [-0.2, -0.15) is 0 Å². The van der Waals surface area contributed by atoms with Gasteiger partial charge >= 0.3 is 0 Å². The average molecular weight is 389 g/mol. The van der Waals surface area contributed by atoms with E-state index in [1.54, 1.807) is 0 Å². The van der Waals surface area contributed by atoms with Gasteiger partial charge in [-0.3, -0.25) is 9.69 Å². The first-order valence-electron chi connectivity index (χ1n) is 8.10. The van der Waals surface area contributed by atoms with E-state index in [9.17, 15) is 4.79 Å². The zero-order chi connectivity index (χ0) is 16.9. The normalized spacial score (nSPS) is 15.8. The molecule has 0 spiro atoms. The third kappa shape index (κ3) is 4.36. The molecule has 0 radical (unpaired) electrons. The Hall–Kier alpha value is -1.85. The maximum Gasteiger partial charge on any atom is 0.234 e. The molecule has 0 bridgehead atoms. The maximum atomic E-state index is 12.4. The van der Waals surface area contributed by atoms with Gasteiger partial charge in [0.2, 0.25) is 5.91 Å². The van der Waals surface area contributed by atoms with Crippen molar-refractivity contribution in [3.05, 3.63) is 64.1 Å². The zero-order valence-corrected chi connectivity index (χ0v) is 15.3. The van der Waals surface area contributed by atoms with Gasteiger partial charge in [0, 0.05) is 23.1 Å². The number of ether oxygens (including phenoxy) is 1. The molecule has 0 aliphatic carbocycles. The molecule has 1 aliphatic heterocycles. The van der Waals surface area contributed by atoms with E-state index in [1.807, 2.05) is 49.4 Å². The van der Waals surface area contributed by atoms with Crippen molar-refractivity contribution in [2.45, 2.75) is 19.5 Å². The number of halogens is 1. The summed E-state index contributed by atoms with van der Waals surface area (Å²) >= 11 is 3.43. The number of amides is 1. The van der Waals surface area contributed by atoms with Crippen LogP contribution in [-0.2, 0) is 11.3 Å². The molecule has 2 aromatic carbocycles. The van der Waals surface area contributed by atoms with Gasteiger partial charge in [0.15, 0.2) is 0 Å². The second-order valence-electron chi connectivity index (χ2n) is 6.01. The number of para-hydroxylation sites is 1. The Kier molecular flexibility index (Phi) is 5.53. The second-order valence-corrected chi connectivity index (χ2v) is 6.92. The highest BCUT2D eigenvalue weighted by Crippen LogP contribution is 2.22. The third-order valence-electron chi connectivity index (χ3n) is 4.15. The fraction of sp³-hybridized carbons (Fsp3) is 0.316. The summed E-state index contributed by atoms with van der Waals surface area (Å²) in [7, 11) is 0. The number of fused-ring (bicyclic) bond motifs is 1. The quantitative estimate of drug-likeness (QED) is 0.870. The number of nitrogens with zero attached hydrogens (tertiary/aromatic N) is 1. The highest BCUT2D eigenvalue weighted by molar-refractivity contribution is 9.10. The molecule has 0 saturated carbocycles. The molecule has 1 unspecified atom stereocenters. The minimum absolute atomic E-state index is 0.0129. The van der Waals surface area contributed by atoms with E-state index in [0.717, 1.165) is 34.4 Å². The van der Waals surface area contributed by atoms with Crippen molar-refractivity contribution >= 4 is 21.8 Å². The lowest BCUT2D eigenvalue weighted by atomic mass is 10.1. The molecule has 126 valence electrons. The van der Waals surface area contributed by atoms with Crippen LogP contribution in [0.3, 0.4) is 0 Å². The molecule has 1 atom stereocenters. The summed E-state index contributed by atoms with van der Waals surface area (Å²) < 4.78 is 6.78. The number of benzene rings is 2. The Bertz CT molecular complexity index is 703. The van der Waals surface area contributed by atoms with Crippen LogP contribution in [0.4, 0.5) is 0 Å². The second kappa shape index (κ2) is 7.81. The van der Waals surface area contributed by atoms with Crippen molar-refractivity contribution in [1.82, 2.24) is 10.2 Å². The summed E-state index contributed by atoms with van der Waals surface area (Å²) in [6.07, 6.45) is 0. The molecule has 0 aromatic heterocycles. The summed E-state index contributed by atoms with van der Waals surface area (Å²) in [4.78, 5) is 14.5. The highest BCUT2D eigenvalue weighted by atomic mass is 79.9. The minimum Gasteiger partial charge on any atom is -0.492 e. The van der Waals surface area contributed by atoms with Crippen molar-refractivity contribution in [1.29, 1.82) is 0 Å². The molecule has 0 fully saturated rings. The molecule has 0 saturated heterocycles. The molecular formula is C19H21BrN2O2. The lowest BCUT2D eigenvalue weighted by molar-refractivity contribution is -0.123. The SMILES string of the molecule is CC(NC(=O)CN1CCOc2ccccc2C1)c1ccc(Br)cc1. The topological polar surface area (TPSA) is 41.6 Å². The largest absolute Gasteiger partial charge is 0.492 e. The molecule has 4 nitrogen and oxygen atoms in total. The summed E-state index contributed by atoms with van der Waals surface area (Å²) in [5.74, 6) is 0.952. The van der Waals surface area contributed by atoms with Gasteiger partial charge in [-0.05, 0) is 30.7 Å². The number of rotatable bonds is 4. The van der Waals surface area contributed by atoms with Crippen LogP contribution in [0.1, 0.15) is 24.1 Å². The Morgan fingerprint density at radius 1 is 1.25 bits per heavy atom. The summed E-state index contributed by atoms with van der Waals surface area (Å²) in [6.45, 7) is 4.46. The van der Waals surface area contributed by atoms with Crippen LogP contribution in [0.25, 0.3) is 0 Å². The predicted molar refractivity (Wildman–Crippen MR) is 97.9 cm³/mol. The van der Waals surface area contributed by atoms with Crippen LogP contribution >= 0.6 is 15.9 Å². The lowest BCUT2D eigenvalue weighted by Crippen LogP contribution is -2.38. The van der Waals surface area contributed by atoms with Crippen LogP contribution in [0, 0.1) is 0 Å². The van der Waals surface area contributed by atoms with Crippen LogP contribution in [0.15, 0.2) is 53.0 Å². The van der Waals surface area contributed by atoms with Crippen LogP contribution < -0.4 is 10.1 Å². The molecule has 5 heteroatoms. The van der Waals surface area contributed by atoms with E-state index >= 15 is 0 Å². The average Bonchev–Trinajstić information content (AvgIpc) is 2.76. The van der Waals surface area contributed by atoms with Crippen LogP contribution in [0.2, 0.25) is 0 Å². The molecule has 2 aromatic rings. The number of carbonyl (C=O) groups is 1. The smallest absolute Gasteiger partial charge is 0.234 e. The van der Waals surface area contributed by atoms with Crippen molar-refractivity contribution < 1.29 is 9.53 Å². The zero-order valence-electron chi connectivity index (χ0n) is 13.7. The number of hydrogen-bond donors (Lipinski definition) is 1. The summed E-state index contributed by atoms with van der Waals surface area (Å²) in [5, 5.41) is 3.07.